The number of benzene rings is 2. The summed E-state index contributed by atoms with van der Waals surface area (Å²) in [7, 11) is 1.64. The van der Waals surface area contributed by atoms with Crippen LogP contribution in [0.3, 0.4) is 0 Å². The maximum Gasteiger partial charge on any atom is 0.244 e. The predicted octanol–water partition coefficient (Wildman–Crippen LogP) is 5.84. The third-order valence-electron chi connectivity index (χ3n) is 5.57. The van der Waals surface area contributed by atoms with Gasteiger partial charge in [0.25, 0.3) is 0 Å². The number of fused-ring (bicyclic) bond motifs is 1. The van der Waals surface area contributed by atoms with E-state index in [0.717, 1.165) is 44.4 Å². The summed E-state index contributed by atoms with van der Waals surface area (Å²) in [5.74, 6) is 0.535. The van der Waals surface area contributed by atoms with Crippen LogP contribution < -0.4 is 10.1 Å². The molecule has 2 aromatic carbocycles. The minimum Gasteiger partial charge on any atom is -0.496 e. The smallest absolute Gasteiger partial charge is 0.244 e. The van der Waals surface area contributed by atoms with Crippen molar-refractivity contribution in [3.63, 3.8) is 0 Å². The first-order valence-corrected chi connectivity index (χ1v) is 10.5. The number of amides is 1. The van der Waals surface area contributed by atoms with Crippen LogP contribution in [0.5, 0.6) is 5.75 Å². The number of carbonyl (C=O) groups excluding carboxylic acids is 1. The number of pyridine rings is 1. The van der Waals surface area contributed by atoms with Crippen LogP contribution in [0.2, 0.25) is 0 Å². The van der Waals surface area contributed by atoms with Gasteiger partial charge in [0.1, 0.15) is 11.3 Å². The number of aromatic nitrogens is 1. The van der Waals surface area contributed by atoms with Gasteiger partial charge in [0, 0.05) is 47.1 Å². The van der Waals surface area contributed by atoms with Crippen LogP contribution in [-0.4, -0.2) is 18.0 Å². The Morgan fingerprint density at radius 3 is 2.66 bits per heavy atom. The normalized spacial score (nSPS) is 11.6. The molecule has 2 heterocycles. The van der Waals surface area contributed by atoms with E-state index < -0.39 is 0 Å². The number of hydrogen-bond acceptors (Lipinski definition) is 4. The molecule has 4 aromatic rings. The summed E-state index contributed by atoms with van der Waals surface area (Å²) in [6.07, 6.45) is 6.83. The van der Waals surface area contributed by atoms with Gasteiger partial charge < -0.3 is 14.5 Å². The molecule has 4 rings (SSSR count). The number of carbonyl (C=O) groups is 1. The highest BCUT2D eigenvalue weighted by molar-refractivity contribution is 6.01. The van der Waals surface area contributed by atoms with Crippen LogP contribution in [0.25, 0.3) is 27.7 Å². The topological polar surface area (TPSA) is 64.4 Å². The highest BCUT2D eigenvalue weighted by Crippen LogP contribution is 2.40. The molecule has 5 nitrogen and oxygen atoms in total. The van der Waals surface area contributed by atoms with Crippen molar-refractivity contribution in [2.75, 3.05) is 7.11 Å². The van der Waals surface area contributed by atoms with Crippen molar-refractivity contribution >= 4 is 22.4 Å². The van der Waals surface area contributed by atoms with Gasteiger partial charge in [-0.25, -0.2) is 0 Å². The average molecular weight is 427 g/mol. The molecular weight excluding hydrogens is 400 g/mol. The molecule has 0 aliphatic carbocycles. The molecule has 1 amide bonds. The van der Waals surface area contributed by atoms with Crippen molar-refractivity contribution in [3.8, 4) is 16.9 Å². The lowest BCUT2D eigenvalue weighted by Crippen LogP contribution is -2.20. The summed E-state index contributed by atoms with van der Waals surface area (Å²) >= 11 is 0. The molecule has 0 spiro atoms. The summed E-state index contributed by atoms with van der Waals surface area (Å²) in [5, 5.41) is 3.90. The lowest BCUT2D eigenvalue weighted by Gasteiger charge is -2.13. The fraction of sp³-hybridized carbons (Fsp3) is 0.185. The summed E-state index contributed by atoms with van der Waals surface area (Å²) in [6.45, 7) is 6.38. The number of nitrogens with one attached hydrogen (secondary N) is 1. The predicted molar refractivity (Wildman–Crippen MR) is 127 cm³/mol. The van der Waals surface area contributed by atoms with Crippen molar-refractivity contribution in [2.24, 2.45) is 0 Å². The van der Waals surface area contributed by atoms with Crippen LogP contribution in [0, 0.1) is 13.8 Å². The lowest BCUT2D eigenvalue weighted by molar-refractivity contribution is -0.116. The summed E-state index contributed by atoms with van der Waals surface area (Å²) in [6, 6.07) is 14.2. The quantitative estimate of drug-likeness (QED) is 0.393. The summed E-state index contributed by atoms with van der Waals surface area (Å²) in [4.78, 5) is 16.6. The maximum atomic E-state index is 12.6. The van der Waals surface area contributed by atoms with Gasteiger partial charge in [0.05, 0.1) is 13.4 Å². The molecule has 162 valence electrons. The zero-order valence-electron chi connectivity index (χ0n) is 18.7. The van der Waals surface area contributed by atoms with E-state index in [4.69, 9.17) is 9.15 Å². The van der Waals surface area contributed by atoms with E-state index in [1.165, 1.54) is 5.56 Å². The molecule has 0 fully saturated rings. The number of aryl methyl sites for hydroxylation is 2. The molecule has 0 aliphatic heterocycles. The van der Waals surface area contributed by atoms with Gasteiger partial charge in [-0.3, -0.25) is 9.78 Å². The summed E-state index contributed by atoms with van der Waals surface area (Å²) in [5.41, 5.74) is 7.62. The molecule has 0 aliphatic rings. The van der Waals surface area contributed by atoms with Gasteiger partial charge in [-0.2, -0.15) is 0 Å². The van der Waals surface area contributed by atoms with Crippen LogP contribution in [0.1, 0.15) is 29.2 Å². The Morgan fingerprint density at radius 1 is 1.19 bits per heavy atom. The number of methoxy groups -OCH3 is 1. The van der Waals surface area contributed by atoms with Crippen molar-refractivity contribution in [1.29, 1.82) is 0 Å². The minimum atomic E-state index is -0.169. The second kappa shape index (κ2) is 9.10. The van der Waals surface area contributed by atoms with Crippen LogP contribution in [0.15, 0.2) is 71.6 Å². The number of furan rings is 1. The van der Waals surface area contributed by atoms with Gasteiger partial charge in [-0.15, -0.1) is 0 Å². The molecule has 2 aromatic heterocycles. The van der Waals surface area contributed by atoms with E-state index in [2.05, 4.69) is 41.5 Å². The number of nitrogens with zero attached hydrogens (tertiary/aromatic N) is 1. The molecule has 0 bridgehead atoms. The Hall–Kier alpha value is -3.86. The standard InChI is InChI=1S/C27H26N2O3/c1-17-7-9-21(10-8-17)24-16-32-27-19(3)26(31-4)22(13-23(24)27)18(2)12-25(30)29-15-20-6-5-11-28-14-20/h5-14,16H,15H2,1-4H3,(H,29,30)/b18-12+. The first kappa shape index (κ1) is 21.4. The highest BCUT2D eigenvalue weighted by atomic mass is 16.5. The van der Waals surface area contributed by atoms with Gasteiger partial charge >= 0.3 is 0 Å². The number of allylic oxidation sites excluding steroid dienone is 1. The van der Waals surface area contributed by atoms with E-state index in [1.54, 1.807) is 31.8 Å². The van der Waals surface area contributed by atoms with E-state index in [-0.39, 0.29) is 5.91 Å². The number of hydrogen-bond donors (Lipinski definition) is 1. The van der Waals surface area contributed by atoms with Crippen molar-refractivity contribution < 1.29 is 13.9 Å². The molecule has 1 N–H and O–H groups in total. The van der Waals surface area contributed by atoms with Crippen molar-refractivity contribution in [1.82, 2.24) is 10.3 Å². The Balaban J connectivity index is 1.70. The van der Waals surface area contributed by atoms with E-state index in [0.29, 0.717) is 12.3 Å². The highest BCUT2D eigenvalue weighted by Gasteiger charge is 2.18. The molecule has 0 saturated carbocycles. The van der Waals surface area contributed by atoms with Crippen LogP contribution in [-0.2, 0) is 11.3 Å². The molecular formula is C27H26N2O3. The second-order valence-electron chi connectivity index (χ2n) is 7.88. The summed E-state index contributed by atoms with van der Waals surface area (Å²) < 4.78 is 11.6. The largest absolute Gasteiger partial charge is 0.496 e. The van der Waals surface area contributed by atoms with E-state index >= 15 is 0 Å². The minimum absolute atomic E-state index is 0.169. The molecule has 0 saturated heterocycles. The number of ether oxygens (including phenoxy) is 1. The second-order valence-corrected chi connectivity index (χ2v) is 7.88. The SMILES string of the molecule is COc1c(/C(C)=C/C(=O)NCc2cccnc2)cc2c(-c3ccc(C)cc3)coc2c1C. The first-order valence-electron chi connectivity index (χ1n) is 10.5. The van der Waals surface area contributed by atoms with Gasteiger partial charge in [0.15, 0.2) is 0 Å². The molecule has 0 radical (unpaired) electrons. The molecule has 0 unspecified atom stereocenters. The van der Waals surface area contributed by atoms with E-state index in [1.807, 2.05) is 32.0 Å². The Labute approximate surface area is 187 Å². The van der Waals surface area contributed by atoms with Gasteiger partial charge in [-0.1, -0.05) is 35.9 Å². The molecule has 32 heavy (non-hydrogen) atoms. The van der Waals surface area contributed by atoms with E-state index in [9.17, 15) is 4.79 Å². The Bertz CT molecular complexity index is 1290. The monoisotopic (exact) mass is 426 g/mol. The maximum absolute atomic E-state index is 12.6. The van der Waals surface area contributed by atoms with Crippen LogP contribution >= 0.6 is 0 Å². The fourth-order valence-corrected chi connectivity index (χ4v) is 3.85. The Morgan fingerprint density at radius 2 is 1.97 bits per heavy atom. The first-order chi connectivity index (χ1) is 15.5. The van der Waals surface area contributed by atoms with Gasteiger partial charge in [-0.05, 0) is 49.6 Å². The molecule has 5 heteroatoms. The van der Waals surface area contributed by atoms with Crippen molar-refractivity contribution in [2.45, 2.75) is 27.3 Å². The van der Waals surface area contributed by atoms with Crippen molar-refractivity contribution in [3.05, 3.63) is 89.5 Å². The Kier molecular flexibility index (Phi) is 6.08. The van der Waals surface area contributed by atoms with Gasteiger partial charge in [0.2, 0.25) is 5.91 Å². The number of rotatable bonds is 6. The van der Waals surface area contributed by atoms with Crippen LogP contribution in [0.4, 0.5) is 0 Å². The lowest BCUT2D eigenvalue weighted by atomic mass is 9.96. The average Bonchev–Trinajstić information content (AvgIpc) is 3.23. The fourth-order valence-electron chi connectivity index (χ4n) is 3.85. The molecule has 0 atom stereocenters. The zero-order chi connectivity index (χ0) is 22.7. The third-order valence-corrected chi connectivity index (χ3v) is 5.57. The third kappa shape index (κ3) is 4.28. The zero-order valence-corrected chi connectivity index (χ0v) is 18.7.